The van der Waals surface area contributed by atoms with E-state index in [-0.39, 0.29) is 30.3 Å². The van der Waals surface area contributed by atoms with Crippen molar-refractivity contribution in [3.8, 4) is 0 Å². The minimum atomic E-state index is -1.69. The number of barbiturate groups is 1. The number of nitrogens with zero attached hydrogens (tertiary/aromatic N) is 3. The predicted molar refractivity (Wildman–Crippen MR) is 131 cm³/mol. The number of hydrogen-bond donors (Lipinski definition) is 2. The Morgan fingerprint density at radius 3 is 2.57 bits per heavy atom. The van der Waals surface area contributed by atoms with Crippen LogP contribution in [-0.4, -0.2) is 54.8 Å². The molecule has 6 rings (SSSR count). The summed E-state index contributed by atoms with van der Waals surface area (Å²) in [6.07, 6.45) is -1.00. The maximum absolute atomic E-state index is 16.2. The van der Waals surface area contributed by atoms with Crippen molar-refractivity contribution in [3.63, 3.8) is 0 Å². The Kier molecular flexibility index (Phi) is 5.23. The fourth-order valence-corrected chi connectivity index (χ4v) is 6.14. The van der Waals surface area contributed by atoms with Crippen LogP contribution in [0.4, 0.5) is 20.7 Å². The van der Waals surface area contributed by atoms with Gasteiger partial charge in [-0.3, -0.25) is 20.2 Å². The first-order valence-electron chi connectivity index (χ1n) is 12.2. The number of fused-ring (bicyclic) bond motifs is 5. The lowest BCUT2D eigenvalue weighted by Gasteiger charge is -2.55. The molecule has 37 heavy (non-hydrogen) atoms. The molecule has 2 N–H and O–H groups in total. The Bertz CT molecular complexity index is 1420. The number of hydrogen-bond acceptors (Lipinski definition) is 8. The first-order chi connectivity index (χ1) is 17.7. The van der Waals surface area contributed by atoms with Gasteiger partial charge in [-0.15, -0.1) is 0 Å². The van der Waals surface area contributed by atoms with Gasteiger partial charge in [-0.05, 0) is 31.0 Å². The Balaban J connectivity index is 1.51. The molecule has 3 aliphatic heterocycles. The number of benzene rings is 2. The number of carbonyl (C=O) groups is 3. The van der Waals surface area contributed by atoms with Crippen molar-refractivity contribution in [2.24, 2.45) is 5.41 Å². The molecule has 10 nitrogen and oxygen atoms in total. The van der Waals surface area contributed by atoms with Crippen LogP contribution < -0.4 is 20.4 Å². The van der Waals surface area contributed by atoms with E-state index in [1.807, 2.05) is 49.2 Å². The Labute approximate surface area is 211 Å². The zero-order valence-electron chi connectivity index (χ0n) is 20.6. The largest absolute Gasteiger partial charge is 0.372 e. The van der Waals surface area contributed by atoms with Crippen LogP contribution in [0.15, 0.2) is 40.9 Å². The number of urea groups is 1. The quantitative estimate of drug-likeness (QED) is 0.520. The number of aromatic nitrogens is 1. The number of ether oxygens (including phenoxy) is 1. The lowest BCUT2D eigenvalue weighted by molar-refractivity contribution is -0.153. The third-order valence-corrected chi connectivity index (χ3v) is 7.57. The second-order valence-electron chi connectivity index (χ2n) is 10.1. The molecular formula is C26H26FN5O5. The molecule has 0 unspecified atom stereocenters. The highest BCUT2D eigenvalue weighted by molar-refractivity contribution is 6.20. The van der Waals surface area contributed by atoms with Gasteiger partial charge >= 0.3 is 6.03 Å². The second-order valence-corrected chi connectivity index (χ2v) is 10.1. The van der Waals surface area contributed by atoms with Crippen LogP contribution in [0, 0.1) is 11.2 Å². The molecule has 4 heterocycles. The summed E-state index contributed by atoms with van der Waals surface area (Å²) in [4.78, 5) is 42.2. The van der Waals surface area contributed by atoms with Gasteiger partial charge in [-0.1, -0.05) is 35.5 Å². The monoisotopic (exact) mass is 507 g/mol. The molecule has 0 bridgehead atoms. The van der Waals surface area contributed by atoms with E-state index < -0.39 is 41.2 Å². The highest BCUT2D eigenvalue weighted by Gasteiger charge is 2.63. The van der Waals surface area contributed by atoms with E-state index in [0.717, 1.165) is 5.56 Å². The van der Waals surface area contributed by atoms with E-state index in [4.69, 9.17) is 9.26 Å². The molecule has 0 radical (unpaired) electrons. The number of halogens is 1. The Morgan fingerprint density at radius 2 is 1.86 bits per heavy atom. The Hall–Kier alpha value is -3.99. The molecule has 2 saturated heterocycles. The fraction of sp³-hybridized carbons (Fsp3) is 0.385. The van der Waals surface area contributed by atoms with Gasteiger partial charge in [-0.2, -0.15) is 0 Å². The summed E-state index contributed by atoms with van der Waals surface area (Å²) in [6, 6.07) is 9.79. The van der Waals surface area contributed by atoms with Gasteiger partial charge < -0.3 is 19.1 Å². The standard InChI is InChI=1S/C26H26FN5O5/c1-13-11-32-19-16(10-26(21(32)14(2)36-13)23(33)28-25(35)29-24(26)34)9-17-20(18(19)27)37-30-22(17)31(3)12-15-7-5-4-6-8-15/h4-9,13-14,21H,10-12H2,1-3H3,(H2,28,29,33,34,35)/t13-,14+,21-/m0/s1. The summed E-state index contributed by atoms with van der Waals surface area (Å²) in [5.74, 6) is -1.61. The van der Waals surface area contributed by atoms with Crippen LogP contribution in [0.3, 0.4) is 0 Å². The summed E-state index contributed by atoms with van der Waals surface area (Å²) in [5.41, 5.74) is 0.0741. The number of anilines is 2. The smallest absolute Gasteiger partial charge is 0.328 e. The summed E-state index contributed by atoms with van der Waals surface area (Å²) < 4.78 is 27.7. The first-order valence-corrected chi connectivity index (χ1v) is 12.2. The van der Waals surface area contributed by atoms with Gasteiger partial charge in [0, 0.05) is 26.6 Å². The number of carbonyl (C=O) groups excluding carboxylic acids is 3. The number of amides is 4. The van der Waals surface area contributed by atoms with Crippen LogP contribution in [0.25, 0.3) is 11.0 Å². The molecule has 3 aliphatic rings. The number of imide groups is 2. The van der Waals surface area contributed by atoms with E-state index in [1.165, 1.54) is 0 Å². The van der Waals surface area contributed by atoms with E-state index in [2.05, 4.69) is 15.8 Å². The van der Waals surface area contributed by atoms with Crippen molar-refractivity contribution < 1.29 is 28.0 Å². The lowest BCUT2D eigenvalue weighted by atomic mass is 9.66. The SMILES string of the molecule is C[C@H]1CN2c3c(cc4c(N(C)Cc5ccccc5)noc4c3F)CC3(C(=O)NC(=O)NC3=O)[C@@H]2[C@@H](C)O1. The van der Waals surface area contributed by atoms with Gasteiger partial charge in [0.05, 0.1) is 29.3 Å². The van der Waals surface area contributed by atoms with Crippen molar-refractivity contribution in [3.05, 3.63) is 53.3 Å². The van der Waals surface area contributed by atoms with Crippen LogP contribution in [0.5, 0.6) is 0 Å². The normalized spacial score (nSPS) is 24.5. The third kappa shape index (κ3) is 3.41. The zero-order valence-corrected chi connectivity index (χ0v) is 20.6. The molecule has 0 aliphatic carbocycles. The minimum Gasteiger partial charge on any atom is -0.372 e. The second kappa shape index (κ2) is 8.27. The molecule has 2 aromatic carbocycles. The van der Waals surface area contributed by atoms with E-state index in [9.17, 15) is 14.4 Å². The van der Waals surface area contributed by atoms with Gasteiger partial charge in [-0.25, -0.2) is 9.18 Å². The molecule has 2 fully saturated rings. The Morgan fingerprint density at radius 1 is 1.16 bits per heavy atom. The molecule has 3 atom stereocenters. The zero-order chi connectivity index (χ0) is 26.1. The summed E-state index contributed by atoms with van der Waals surface area (Å²) in [7, 11) is 1.83. The first kappa shape index (κ1) is 23.4. The summed E-state index contributed by atoms with van der Waals surface area (Å²) in [5, 5.41) is 9.09. The topological polar surface area (TPSA) is 117 Å². The van der Waals surface area contributed by atoms with Crippen molar-refractivity contribution in [1.82, 2.24) is 15.8 Å². The van der Waals surface area contributed by atoms with Crippen molar-refractivity contribution >= 4 is 40.3 Å². The summed E-state index contributed by atoms with van der Waals surface area (Å²) >= 11 is 0. The molecule has 1 aromatic heterocycles. The van der Waals surface area contributed by atoms with Crippen LogP contribution in [0.1, 0.15) is 25.0 Å². The highest BCUT2D eigenvalue weighted by Crippen LogP contribution is 2.49. The van der Waals surface area contributed by atoms with Gasteiger partial charge in [0.25, 0.3) is 0 Å². The van der Waals surface area contributed by atoms with Gasteiger partial charge in [0.1, 0.15) is 0 Å². The summed E-state index contributed by atoms with van der Waals surface area (Å²) in [6.45, 7) is 4.35. The number of rotatable bonds is 3. The average Bonchev–Trinajstić information content (AvgIpc) is 3.27. The average molecular weight is 508 g/mol. The molecule has 1 spiro atoms. The van der Waals surface area contributed by atoms with E-state index in [1.54, 1.807) is 17.9 Å². The number of morpholine rings is 1. The molecule has 3 aromatic rings. The molecular weight excluding hydrogens is 481 g/mol. The fourth-order valence-electron chi connectivity index (χ4n) is 6.14. The van der Waals surface area contributed by atoms with Gasteiger partial charge in [0.2, 0.25) is 17.4 Å². The maximum atomic E-state index is 16.2. The van der Waals surface area contributed by atoms with E-state index in [0.29, 0.717) is 23.3 Å². The third-order valence-electron chi connectivity index (χ3n) is 7.57. The van der Waals surface area contributed by atoms with Crippen molar-refractivity contribution in [1.29, 1.82) is 0 Å². The molecule has 192 valence electrons. The highest BCUT2D eigenvalue weighted by atomic mass is 19.1. The lowest BCUT2D eigenvalue weighted by Crippen LogP contribution is -2.75. The van der Waals surface area contributed by atoms with Crippen LogP contribution in [-0.2, 0) is 27.3 Å². The van der Waals surface area contributed by atoms with E-state index >= 15 is 4.39 Å². The predicted octanol–water partition coefficient (Wildman–Crippen LogP) is 2.49. The maximum Gasteiger partial charge on any atom is 0.328 e. The van der Waals surface area contributed by atoms with Crippen LogP contribution in [0.2, 0.25) is 0 Å². The number of nitrogens with one attached hydrogen (secondary N) is 2. The molecule has 4 amide bonds. The minimum absolute atomic E-state index is 0.00267. The molecule has 0 saturated carbocycles. The van der Waals surface area contributed by atoms with Crippen LogP contribution >= 0.6 is 0 Å². The van der Waals surface area contributed by atoms with Crippen molar-refractivity contribution in [2.75, 3.05) is 23.4 Å². The van der Waals surface area contributed by atoms with Gasteiger partial charge in [0.15, 0.2) is 17.1 Å². The van der Waals surface area contributed by atoms with Crippen molar-refractivity contribution in [2.45, 2.75) is 45.1 Å². The molecule has 11 heteroatoms.